The number of carbonyl (C=O) groups excluding carboxylic acids is 2. The average molecular weight is 487 g/mol. The normalized spacial score (nSPS) is 16.1. The molecule has 9 nitrogen and oxygen atoms in total. The lowest BCUT2D eigenvalue weighted by Crippen LogP contribution is -2.44. The molecule has 0 unspecified atom stereocenters. The number of carbonyl (C=O) groups is 2. The van der Waals surface area contributed by atoms with Crippen LogP contribution in [0.3, 0.4) is 0 Å². The van der Waals surface area contributed by atoms with E-state index >= 15 is 0 Å². The largest absolute Gasteiger partial charge is 0.354 e. The van der Waals surface area contributed by atoms with Gasteiger partial charge in [-0.25, -0.2) is 9.37 Å². The minimum atomic E-state index is -0.539. The van der Waals surface area contributed by atoms with E-state index in [2.05, 4.69) is 20.6 Å². The van der Waals surface area contributed by atoms with E-state index in [1.165, 1.54) is 34.4 Å². The first kappa shape index (κ1) is 23.8. The molecule has 34 heavy (non-hydrogen) atoms. The number of hydrogen-bond donors (Lipinski definition) is 2. The average Bonchev–Trinajstić information content (AvgIpc) is 3.23. The van der Waals surface area contributed by atoms with Gasteiger partial charge in [0, 0.05) is 19.1 Å². The number of nitrogens with one attached hydrogen (secondary N) is 2. The number of aryl methyl sites for hydroxylation is 1. The molecule has 0 saturated carbocycles. The molecule has 0 spiro atoms. The Morgan fingerprint density at radius 3 is 2.85 bits per heavy atom. The van der Waals surface area contributed by atoms with Crippen molar-refractivity contribution in [1.29, 1.82) is 0 Å². The highest BCUT2D eigenvalue weighted by molar-refractivity contribution is 7.22. The quantitative estimate of drug-likeness (QED) is 0.555. The maximum absolute atomic E-state index is 14.0. The van der Waals surface area contributed by atoms with E-state index in [1.807, 2.05) is 18.7 Å². The maximum Gasteiger partial charge on any atom is 0.273 e. The number of fused-ring (bicyclic) bond motifs is 1. The smallest absolute Gasteiger partial charge is 0.273 e. The van der Waals surface area contributed by atoms with Gasteiger partial charge in [0.25, 0.3) is 5.56 Å². The number of hydrogen-bond acceptors (Lipinski definition) is 7. The van der Waals surface area contributed by atoms with Crippen LogP contribution in [0.4, 0.5) is 15.2 Å². The second-order valence-corrected chi connectivity index (χ2v) is 9.78. The van der Waals surface area contributed by atoms with Gasteiger partial charge >= 0.3 is 0 Å². The van der Waals surface area contributed by atoms with Crippen molar-refractivity contribution in [3.63, 3.8) is 0 Å². The topological polar surface area (TPSA) is 109 Å². The number of piperidine rings is 1. The molecule has 0 aliphatic carbocycles. The molecule has 1 aliphatic rings. The molecule has 3 heterocycles. The molecule has 1 fully saturated rings. The van der Waals surface area contributed by atoms with Crippen LogP contribution >= 0.6 is 11.3 Å². The van der Waals surface area contributed by atoms with Gasteiger partial charge < -0.3 is 15.5 Å². The molecule has 2 amide bonds. The highest BCUT2D eigenvalue weighted by atomic mass is 32.1. The predicted molar refractivity (Wildman–Crippen MR) is 130 cm³/mol. The Hall–Kier alpha value is -3.34. The second-order valence-electron chi connectivity index (χ2n) is 8.81. The molecule has 1 saturated heterocycles. The van der Waals surface area contributed by atoms with Crippen molar-refractivity contribution in [3.8, 4) is 0 Å². The molecule has 3 aromatic rings. The van der Waals surface area contributed by atoms with E-state index in [0.717, 1.165) is 24.9 Å². The molecule has 11 heteroatoms. The van der Waals surface area contributed by atoms with Crippen molar-refractivity contribution >= 4 is 44.3 Å². The Labute approximate surface area is 200 Å². The van der Waals surface area contributed by atoms with Gasteiger partial charge in [0.2, 0.25) is 11.8 Å². The zero-order chi connectivity index (χ0) is 24.4. The third-order valence-electron chi connectivity index (χ3n) is 5.58. The van der Waals surface area contributed by atoms with Crippen molar-refractivity contribution in [1.82, 2.24) is 19.9 Å². The molecular weight excluding hydrogens is 459 g/mol. The molecule has 0 radical (unpaired) electrons. The summed E-state index contributed by atoms with van der Waals surface area (Å²) in [6.07, 6.45) is 2.93. The summed E-state index contributed by atoms with van der Waals surface area (Å²) in [7, 11) is 0. The third kappa shape index (κ3) is 5.24. The van der Waals surface area contributed by atoms with E-state index in [-0.39, 0.29) is 35.7 Å². The predicted octanol–water partition coefficient (Wildman–Crippen LogP) is 2.68. The number of anilines is 2. The highest BCUT2D eigenvalue weighted by Crippen LogP contribution is 2.29. The standard InChI is InChI=1S/C23H27FN6O3S/c1-13(2)26-21(32)15-5-4-8-29(10-15)23-28-20-19(34-23)22(33)30(12-25-20)11-18(31)27-17-7-6-14(3)9-16(17)24/h6-7,9,12-13,15H,4-5,8,10-11H2,1-3H3,(H,26,32)(H,27,31)/t15-/m1/s1. The number of thiazole rings is 1. The molecule has 180 valence electrons. The van der Waals surface area contributed by atoms with Crippen LogP contribution in [0.15, 0.2) is 29.3 Å². The fourth-order valence-corrected chi connectivity index (χ4v) is 4.92. The number of nitrogens with zero attached hydrogens (tertiary/aromatic N) is 4. The third-order valence-corrected chi connectivity index (χ3v) is 6.67. The Kier molecular flexibility index (Phi) is 6.92. The van der Waals surface area contributed by atoms with E-state index in [4.69, 9.17) is 0 Å². The Balaban J connectivity index is 1.49. The van der Waals surface area contributed by atoms with Crippen LogP contribution < -0.4 is 21.1 Å². The SMILES string of the molecule is Cc1ccc(NC(=O)Cn2cnc3nc(N4CCC[C@@H](C(=O)NC(C)C)C4)sc3c2=O)c(F)c1. The molecule has 2 aromatic heterocycles. The fourth-order valence-electron chi connectivity index (χ4n) is 3.92. The summed E-state index contributed by atoms with van der Waals surface area (Å²) >= 11 is 1.20. The van der Waals surface area contributed by atoms with E-state index in [9.17, 15) is 18.8 Å². The number of rotatable bonds is 6. The van der Waals surface area contributed by atoms with Gasteiger partial charge in [-0.15, -0.1) is 0 Å². The van der Waals surface area contributed by atoms with Crippen molar-refractivity contribution in [3.05, 3.63) is 46.3 Å². The molecule has 0 bridgehead atoms. The second kappa shape index (κ2) is 9.88. The minimum absolute atomic E-state index is 0.0253. The summed E-state index contributed by atoms with van der Waals surface area (Å²) in [4.78, 5) is 48.6. The zero-order valence-corrected chi connectivity index (χ0v) is 20.1. The van der Waals surface area contributed by atoms with Crippen LogP contribution in [0.5, 0.6) is 0 Å². The van der Waals surface area contributed by atoms with Gasteiger partial charge in [0.1, 0.15) is 23.4 Å². The van der Waals surface area contributed by atoms with Crippen LogP contribution in [-0.2, 0) is 16.1 Å². The molecule has 1 aliphatic heterocycles. The summed E-state index contributed by atoms with van der Waals surface area (Å²) in [5, 5.41) is 6.08. The summed E-state index contributed by atoms with van der Waals surface area (Å²) in [5.41, 5.74) is 0.709. The molecule has 2 N–H and O–H groups in total. The summed E-state index contributed by atoms with van der Waals surface area (Å²) in [5.74, 6) is -1.19. The van der Waals surface area contributed by atoms with Crippen molar-refractivity contribution in [2.75, 3.05) is 23.3 Å². The zero-order valence-electron chi connectivity index (χ0n) is 19.3. The molecular formula is C23H27FN6O3S. The van der Waals surface area contributed by atoms with E-state index < -0.39 is 11.7 Å². The Bertz CT molecular complexity index is 1290. The fraction of sp³-hybridized carbons (Fsp3) is 0.435. The summed E-state index contributed by atoms with van der Waals surface area (Å²) in [6, 6.07) is 4.57. The molecule has 1 atom stereocenters. The van der Waals surface area contributed by atoms with Crippen molar-refractivity contribution in [2.24, 2.45) is 5.92 Å². The first-order chi connectivity index (χ1) is 16.2. The van der Waals surface area contributed by atoms with Gasteiger partial charge in [-0.3, -0.25) is 19.0 Å². The van der Waals surface area contributed by atoms with Gasteiger partial charge in [0.05, 0.1) is 11.6 Å². The van der Waals surface area contributed by atoms with E-state index in [0.29, 0.717) is 22.0 Å². The van der Waals surface area contributed by atoms with Crippen molar-refractivity contribution in [2.45, 2.75) is 46.2 Å². The lowest BCUT2D eigenvalue weighted by molar-refractivity contribution is -0.125. The number of amides is 2. The first-order valence-electron chi connectivity index (χ1n) is 11.2. The maximum atomic E-state index is 14.0. The van der Waals surface area contributed by atoms with Crippen molar-refractivity contribution < 1.29 is 14.0 Å². The molecule has 1 aromatic carbocycles. The van der Waals surface area contributed by atoms with Crippen LogP contribution in [0.25, 0.3) is 10.3 Å². The van der Waals surface area contributed by atoms with Gasteiger partial charge in [-0.05, 0) is 51.3 Å². The summed E-state index contributed by atoms with van der Waals surface area (Å²) < 4.78 is 15.5. The lowest BCUT2D eigenvalue weighted by Gasteiger charge is -2.32. The number of aromatic nitrogens is 3. The van der Waals surface area contributed by atoms with E-state index in [1.54, 1.807) is 13.0 Å². The highest BCUT2D eigenvalue weighted by Gasteiger charge is 2.28. The Morgan fingerprint density at radius 1 is 1.32 bits per heavy atom. The van der Waals surface area contributed by atoms with Crippen LogP contribution in [-0.4, -0.2) is 45.5 Å². The van der Waals surface area contributed by atoms with Gasteiger partial charge in [-0.2, -0.15) is 4.98 Å². The first-order valence-corrected chi connectivity index (χ1v) is 12.0. The number of halogens is 1. The minimum Gasteiger partial charge on any atom is -0.354 e. The lowest BCUT2D eigenvalue weighted by atomic mass is 9.97. The van der Waals surface area contributed by atoms with Gasteiger partial charge in [0.15, 0.2) is 10.8 Å². The Morgan fingerprint density at radius 2 is 2.12 bits per heavy atom. The van der Waals surface area contributed by atoms with Gasteiger partial charge in [-0.1, -0.05) is 17.4 Å². The van der Waals surface area contributed by atoms with Crippen LogP contribution in [0.1, 0.15) is 32.3 Å². The van der Waals surface area contributed by atoms with Crippen LogP contribution in [0.2, 0.25) is 0 Å². The van der Waals surface area contributed by atoms with Crippen LogP contribution in [0, 0.1) is 18.7 Å². The summed E-state index contributed by atoms with van der Waals surface area (Å²) in [6.45, 7) is 6.58. The molecule has 4 rings (SSSR count). The monoisotopic (exact) mass is 486 g/mol. The number of benzene rings is 1.